The first kappa shape index (κ1) is 16.1. The van der Waals surface area contributed by atoms with Crippen molar-refractivity contribution in [3.63, 3.8) is 0 Å². The molecular weight excluding hydrogens is 262 g/mol. The fourth-order valence-corrected chi connectivity index (χ4v) is 2.55. The number of rotatable bonds is 4. The average Bonchev–Trinajstić information content (AvgIpc) is 2.47. The molecule has 0 saturated carbocycles. The molecule has 0 radical (unpaired) electrons. The molecule has 1 aliphatic heterocycles. The highest BCUT2D eigenvalue weighted by molar-refractivity contribution is 5.51. The SMILES string of the molecule is COc1cccc(N2CCN(CC(N)C(C)(C)C)CC2)c1. The Morgan fingerprint density at radius 1 is 1.19 bits per heavy atom. The number of hydrogen-bond acceptors (Lipinski definition) is 4. The molecule has 0 amide bonds. The van der Waals surface area contributed by atoms with E-state index >= 15 is 0 Å². The molecular formula is C17H29N3O. The molecule has 0 aromatic heterocycles. The van der Waals surface area contributed by atoms with Crippen molar-refractivity contribution in [3.05, 3.63) is 24.3 Å². The van der Waals surface area contributed by atoms with Crippen molar-refractivity contribution in [2.24, 2.45) is 11.1 Å². The number of hydrogen-bond donors (Lipinski definition) is 1. The van der Waals surface area contributed by atoms with Crippen LogP contribution in [0, 0.1) is 5.41 Å². The van der Waals surface area contributed by atoms with Gasteiger partial charge in [-0.3, -0.25) is 4.90 Å². The van der Waals surface area contributed by atoms with E-state index < -0.39 is 0 Å². The molecule has 1 saturated heterocycles. The summed E-state index contributed by atoms with van der Waals surface area (Å²) in [5, 5.41) is 0. The van der Waals surface area contributed by atoms with Gasteiger partial charge in [0.15, 0.2) is 0 Å². The minimum atomic E-state index is 0.171. The fraction of sp³-hybridized carbons (Fsp3) is 0.647. The zero-order valence-electron chi connectivity index (χ0n) is 13.8. The molecule has 1 aromatic rings. The summed E-state index contributed by atoms with van der Waals surface area (Å²) in [5.41, 5.74) is 7.71. The fourth-order valence-electron chi connectivity index (χ4n) is 2.55. The molecule has 0 aliphatic carbocycles. The lowest BCUT2D eigenvalue weighted by Gasteiger charge is -2.39. The zero-order chi connectivity index (χ0) is 15.5. The van der Waals surface area contributed by atoms with Gasteiger partial charge in [-0.2, -0.15) is 0 Å². The van der Waals surface area contributed by atoms with Gasteiger partial charge in [0.2, 0.25) is 0 Å². The largest absolute Gasteiger partial charge is 0.497 e. The summed E-state index contributed by atoms with van der Waals surface area (Å²) < 4.78 is 5.30. The Hall–Kier alpha value is -1.26. The lowest BCUT2D eigenvalue weighted by Crippen LogP contribution is -2.52. The number of benzene rings is 1. The van der Waals surface area contributed by atoms with E-state index in [9.17, 15) is 0 Å². The second kappa shape index (κ2) is 6.67. The Bertz CT molecular complexity index is 448. The standard InChI is InChI=1S/C17H29N3O/c1-17(2,3)16(18)13-19-8-10-20(11-9-19)14-6-5-7-15(12-14)21-4/h5-7,12,16H,8-11,13,18H2,1-4H3. The predicted molar refractivity (Wildman–Crippen MR) is 89.1 cm³/mol. The van der Waals surface area contributed by atoms with Gasteiger partial charge in [0.05, 0.1) is 7.11 Å². The molecule has 118 valence electrons. The van der Waals surface area contributed by atoms with Gasteiger partial charge in [-0.25, -0.2) is 0 Å². The molecule has 1 heterocycles. The van der Waals surface area contributed by atoms with Crippen LogP contribution in [-0.2, 0) is 0 Å². The summed E-state index contributed by atoms with van der Waals surface area (Å²) in [4.78, 5) is 4.90. The smallest absolute Gasteiger partial charge is 0.120 e. The van der Waals surface area contributed by atoms with E-state index in [1.165, 1.54) is 5.69 Å². The van der Waals surface area contributed by atoms with E-state index in [4.69, 9.17) is 10.5 Å². The van der Waals surface area contributed by atoms with Gasteiger partial charge in [0.1, 0.15) is 5.75 Å². The third-order valence-corrected chi connectivity index (χ3v) is 4.36. The molecule has 21 heavy (non-hydrogen) atoms. The van der Waals surface area contributed by atoms with Crippen LogP contribution in [0.2, 0.25) is 0 Å². The highest BCUT2D eigenvalue weighted by Gasteiger charge is 2.25. The number of nitrogens with two attached hydrogens (primary N) is 1. The van der Waals surface area contributed by atoms with Crippen molar-refractivity contribution in [1.29, 1.82) is 0 Å². The van der Waals surface area contributed by atoms with Crippen molar-refractivity contribution < 1.29 is 4.74 Å². The Labute approximate surface area is 128 Å². The zero-order valence-corrected chi connectivity index (χ0v) is 13.8. The maximum absolute atomic E-state index is 6.29. The summed E-state index contributed by atoms with van der Waals surface area (Å²) >= 11 is 0. The molecule has 1 atom stereocenters. The summed E-state index contributed by atoms with van der Waals surface area (Å²) in [6.45, 7) is 11.9. The molecule has 2 rings (SSSR count). The Morgan fingerprint density at radius 3 is 2.43 bits per heavy atom. The van der Waals surface area contributed by atoms with Gasteiger partial charge < -0.3 is 15.4 Å². The lowest BCUT2D eigenvalue weighted by molar-refractivity contribution is 0.191. The quantitative estimate of drug-likeness (QED) is 0.923. The second-order valence-corrected chi connectivity index (χ2v) is 6.96. The van der Waals surface area contributed by atoms with Crippen LogP contribution in [0.4, 0.5) is 5.69 Å². The first-order valence-corrected chi connectivity index (χ1v) is 7.77. The van der Waals surface area contributed by atoms with Crippen molar-refractivity contribution >= 4 is 5.69 Å². The Morgan fingerprint density at radius 2 is 1.86 bits per heavy atom. The normalized spacial score (nSPS) is 18.6. The number of methoxy groups -OCH3 is 1. The van der Waals surface area contributed by atoms with Crippen LogP contribution in [0.15, 0.2) is 24.3 Å². The summed E-state index contributed by atoms with van der Waals surface area (Å²) in [6, 6.07) is 8.52. The topological polar surface area (TPSA) is 41.7 Å². The first-order chi connectivity index (χ1) is 9.90. The summed E-state index contributed by atoms with van der Waals surface area (Å²) in [5.74, 6) is 0.921. The summed E-state index contributed by atoms with van der Waals surface area (Å²) in [6.07, 6.45) is 0. The van der Waals surface area contributed by atoms with Gasteiger partial charge in [0, 0.05) is 50.5 Å². The van der Waals surface area contributed by atoms with Crippen LogP contribution in [0.5, 0.6) is 5.75 Å². The van der Waals surface area contributed by atoms with Crippen LogP contribution in [0.3, 0.4) is 0 Å². The van der Waals surface area contributed by atoms with E-state index in [0.717, 1.165) is 38.5 Å². The molecule has 1 aromatic carbocycles. The van der Waals surface area contributed by atoms with E-state index in [2.05, 4.69) is 48.8 Å². The molecule has 0 spiro atoms. The van der Waals surface area contributed by atoms with Crippen LogP contribution in [0.1, 0.15) is 20.8 Å². The Balaban J connectivity index is 1.88. The number of piperazine rings is 1. The van der Waals surface area contributed by atoms with E-state index in [1.807, 2.05) is 6.07 Å². The third-order valence-electron chi connectivity index (χ3n) is 4.36. The van der Waals surface area contributed by atoms with Crippen molar-refractivity contribution in [2.45, 2.75) is 26.8 Å². The minimum absolute atomic E-state index is 0.171. The molecule has 1 aliphatic rings. The summed E-state index contributed by atoms with van der Waals surface area (Å²) in [7, 11) is 1.71. The van der Waals surface area contributed by atoms with Gasteiger partial charge in [-0.1, -0.05) is 26.8 Å². The van der Waals surface area contributed by atoms with E-state index in [1.54, 1.807) is 7.11 Å². The maximum Gasteiger partial charge on any atom is 0.120 e. The van der Waals surface area contributed by atoms with Gasteiger partial charge >= 0.3 is 0 Å². The molecule has 4 heteroatoms. The average molecular weight is 291 g/mol. The number of ether oxygens (including phenoxy) is 1. The Kier molecular flexibility index (Phi) is 5.12. The number of nitrogens with zero attached hydrogens (tertiary/aromatic N) is 2. The van der Waals surface area contributed by atoms with E-state index in [0.29, 0.717) is 0 Å². The van der Waals surface area contributed by atoms with Crippen molar-refractivity contribution in [1.82, 2.24) is 4.90 Å². The highest BCUT2D eigenvalue weighted by atomic mass is 16.5. The van der Waals surface area contributed by atoms with Crippen LogP contribution >= 0.6 is 0 Å². The van der Waals surface area contributed by atoms with Crippen molar-refractivity contribution in [3.8, 4) is 5.75 Å². The maximum atomic E-state index is 6.29. The van der Waals surface area contributed by atoms with Crippen LogP contribution < -0.4 is 15.4 Å². The second-order valence-electron chi connectivity index (χ2n) is 6.96. The van der Waals surface area contributed by atoms with Gasteiger partial charge in [-0.15, -0.1) is 0 Å². The first-order valence-electron chi connectivity index (χ1n) is 7.77. The lowest BCUT2D eigenvalue weighted by atomic mass is 9.87. The monoisotopic (exact) mass is 291 g/mol. The highest BCUT2D eigenvalue weighted by Crippen LogP contribution is 2.23. The van der Waals surface area contributed by atoms with Gasteiger partial charge in [0.25, 0.3) is 0 Å². The molecule has 1 fully saturated rings. The third kappa shape index (κ3) is 4.35. The van der Waals surface area contributed by atoms with Crippen LogP contribution in [0.25, 0.3) is 0 Å². The molecule has 2 N–H and O–H groups in total. The van der Waals surface area contributed by atoms with E-state index in [-0.39, 0.29) is 11.5 Å². The predicted octanol–water partition coefficient (Wildman–Crippen LogP) is 2.19. The van der Waals surface area contributed by atoms with Gasteiger partial charge in [-0.05, 0) is 17.5 Å². The minimum Gasteiger partial charge on any atom is -0.497 e. The molecule has 0 bridgehead atoms. The van der Waals surface area contributed by atoms with Crippen LogP contribution in [-0.4, -0.2) is 50.8 Å². The van der Waals surface area contributed by atoms with Crippen molar-refractivity contribution in [2.75, 3.05) is 44.7 Å². The molecule has 1 unspecified atom stereocenters. The molecule has 4 nitrogen and oxygen atoms in total. The number of anilines is 1.